The van der Waals surface area contributed by atoms with Crippen molar-refractivity contribution in [1.29, 1.82) is 0 Å². The fraction of sp³-hybridized carbons (Fsp3) is 0.0435. The van der Waals surface area contributed by atoms with Gasteiger partial charge in [-0.3, -0.25) is 20.2 Å². The number of nitrogens with zero attached hydrogens (tertiary/aromatic N) is 2. The number of aromatic amines is 1. The Kier molecular flexibility index (Phi) is 6.20. The van der Waals surface area contributed by atoms with E-state index >= 15 is 0 Å². The number of nitro groups is 2. The number of benzene rings is 3. The predicted octanol–water partition coefficient (Wildman–Crippen LogP) is 7.28. The molecular weight excluding hydrogens is 542 g/mol. The number of hydrogen-bond acceptors (Lipinski definition) is 4. The van der Waals surface area contributed by atoms with E-state index in [1.165, 1.54) is 12.1 Å². The molecule has 4 aromatic rings. The zero-order chi connectivity index (χ0) is 22.8. The molecule has 1 heterocycles. The largest absolute Gasteiger partial charge is 0.364 e. The highest BCUT2D eigenvalue weighted by atomic mass is 79.9. The van der Waals surface area contributed by atoms with Crippen molar-refractivity contribution in [3.8, 4) is 22.3 Å². The summed E-state index contributed by atoms with van der Waals surface area (Å²) in [4.78, 5) is 26.0. The highest BCUT2D eigenvalue weighted by Crippen LogP contribution is 2.44. The molecule has 32 heavy (non-hydrogen) atoms. The summed E-state index contributed by atoms with van der Waals surface area (Å²) in [6, 6.07) is 19.3. The van der Waals surface area contributed by atoms with E-state index in [0.29, 0.717) is 37.6 Å². The van der Waals surface area contributed by atoms with E-state index in [9.17, 15) is 20.2 Å². The minimum Gasteiger partial charge on any atom is -0.364 e. The molecule has 160 valence electrons. The standard InChI is InChI=1S/C23H15Br2N3O4/c24-15-6-8-17(21(11-15)27(29)30)19-13-26-20(10-14-4-2-1-3-5-14)23(19)18-9-7-16(25)12-22(18)28(31)32/h1-9,11-13,26H,10H2. The lowest BCUT2D eigenvalue weighted by atomic mass is 9.93. The molecule has 0 atom stereocenters. The third-order valence-electron chi connectivity index (χ3n) is 5.06. The fourth-order valence-corrected chi connectivity index (χ4v) is 4.37. The van der Waals surface area contributed by atoms with Gasteiger partial charge >= 0.3 is 0 Å². The molecule has 1 aromatic heterocycles. The van der Waals surface area contributed by atoms with Gasteiger partial charge in [-0.15, -0.1) is 0 Å². The van der Waals surface area contributed by atoms with Gasteiger partial charge in [-0.25, -0.2) is 0 Å². The molecule has 0 radical (unpaired) electrons. The Morgan fingerprint density at radius 1 is 0.750 bits per heavy atom. The number of nitro benzene ring substituents is 2. The first-order valence-electron chi connectivity index (χ1n) is 9.48. The molecule has 0 unspecified atom stereocenters. The minimum atomic E-state index is -0.455. The van der Waals surface area contributed by atoms with Crippen LogP contribution in [0.3, 0.4) is 0 Å². The Balaban J connectivity index is 2.00. The van der Waals surface area contributed by atoms with Crippen LogP contribution in [-0.4, -0.2) is 14.8 Å². The first kappa shape index (κ1) is 21.9. The number of halogens is 2. The van der Waals surface area contributed by atoms with Crippen LogP contribution in [0.1, 0.15) is 11.3 Å². The van der Waals surface area contributed by atoms with Crippen molar-refractivity contribution >= 4 is 43.2 Å². The molecular formula is C23H15Br2N3O4. The summed E-state index contributed by atoms with van der Waals surface area (Å²) in [6.07, 6.45) is 2.16. The van der Waals surface area contributed by atoms with Gasteiger partial charge in [0.1, 0.15) is 0 Å². The molecule has 0 bridgehead atoms. The Labute approximate surface area is 199 Å². The Bertz CT molecular complexity index is 1340. The quantitative estimate of drug-likeness (QED) is 0.199. The van der Waals surface area contributed by atoms with Crippen LogP contribution in [0.15, 0.2) is 81.9 Å². The lowest BCUT2D eigenvalue weighted by Gasteiger charge is -2.11. The highest BCUT2D eigenvalue weighted by Gasteiger charge is 2.26. The maximum Gasteiger partial charge on any atom is 0.278 e. The summed E-state index contributed by atoms with van der Waals surface area (Å²) in [5.74, 6) is 0. The molecule has 7 nitrogen and oxygen atoms in total. The van der Waals surface area contributed by atoms with Crippen molar-refractivity contribution in [2.45, 2.75) is 6.42 Å². The summed E-state index contributed by atoms with van der Waals surface area (Å²) in [5, 5.41) is 23.6. The smallest absolute Gasteiger partial charge is 0.278 e. The zero-order valence-electron chi connectivity index (χ0n) is 16.4. The third kappa shape index (κ3) is 4.35. The maximum absolute atomic E-state index is 11.9. The molecule has 3 aromatic carbocycles. The van der Waals surface area contributed by atoms with Crippen LogP contribution in [0.4, 0.5) is 11.4 Å². The van der Waals surface area contributed by atoms with Crippen LogP contribution >= 0.6 is 31.9 Å². The van der Waals surface area contributed by atoms with Gasteiger partial charge in [0.05, 0.1) is 21.0 Å². The number of rotatable bonds is 6. The summed E-state index contributed by atoms with van der Waals surface area (Å²) >= 11 is 6.58. The van der Waals surface area contributed by atoms with E-state index in [-0.39, 0.29) is 11.4 Å². The molecule has 9 heteroatoms. The third-order valence-corrected chi connectivity index (χ3v) is 6.04. The molecule has 4 rings (SSSR count). The average Bonchev–Trinajstić information content (AvgIpc) is 3.17. The van der Waals surface area contributed by atoms with Gasteiger partial charge in [-0.05, 0) is 29.8 Å². The second-order valence-electron chi connectivity index (χ2n) is 7.06. The monoisotopic (exact) mass is 555 g/mol. The van der Waals surface area contributed by atoms with Crippen LogP contribution < -0.4 is 0 Å². The molecule has 0 aliphatic heterocycles. The number of nitrogens with one attached hydrogen (secondary N) is 1. The highest BCUT2D eigenvalue weighted by molar-refractivity contribution is 9.10. The van der Waals surface area contributed by atoms with Crippen LogP contribution in [0, 0.1) is 20.2 Å². The summed E-state index contributed by atoms with van der Waals surface area (Å²) in [5.41, 5.74) is 3.42. The Morgan fingerprint density at radius 2 is 1.31 bits per heavy atom. The molecule has 0 saturated carbocycles. The second kappa shape index (κ2) is 9.05. The minimum absolute atomic E-state index is 0.0886. The van der Waals surface area contributed by atoms with E-state index in [0.717, 1.165) is 11.3 Å². The van der Waals surface area contributed by atoms with Gasteiger partial charge in [0.15, 0.2) is 0 Å². The number of H-pyrrole nitrogens is 1. The molecule has 1 N–H and O–H groups in total. The van der Waals surface area contributed by atoms with Crippen molar-refractivity contribution in [2.75, 3.05) is 0 Å². The molecule has 0 amide bonds. The van der Waals surface area contributed by atoms with E-state index in [4.69, 9.17) is 0 Å². The summed E-state index contributed by atoms with van der Waals surface area (Å²) < 4.78 is 1.15. The van der Waals surface area contributed by atoms with Crippen molar-refractivity contribution < 1.29 is 9.85 Å². The van der Waals surface area contributed by atoms with E-state index in [1.807, 2.05) is 30.3 Å². The average molecular weight is 557 g/mol. The van der Waals surface area contributed by atoms with Crippen molar-refractivity contribution in [1.82, 2.24) is 4.98 Å². The topological polar surface area (TPSA) is 102 Å². The van der Waals surface area contributed by atoms with Crippen LogP contribution in [0.25, 0.3) is 22.3 Å². The zero-order valence-corrected chi connectivity index (χ0v) is 19.6. The lowest BCUT2D eigenvalue weighted by molar-refractivity contribution is -0.384. The first-order valence-corrected chi connectivity index (χ1v) is 11.1. The van der Waals surface area contributed by atoms with Gasteiger partial charge in [0.25, 0.3) is 11.4 Å². The van der Waals surface area contributed by atoms with Crippen LogP contribution in [0.5, 0.6) is 0 Å². The maximum atomic E-state index is 11.9. The van der Waals surface area contributed by atoms with E-state index in [1.54, 1.807) is 30.5 Å². The van der Waals surface area contributed by atoms with Gasteiger partial charge in [0, 0.05) is 50.5 Å². The number of aromatic nitrogens is 1. The normalized spacial score (nSPS) is 10.8. The van der Waals surface area contributed by atoms with Crippen molar-refractivity contribution in [2.24, 2.45) is 0 Å². The van der Waals surface area contributed by atoms with Crippen LogP contribution in [0.2, 0.25) is 0 Å². The molecule has 0 aliphatic rings. The molecule has 0 fully saturated rings. The van der Waals surface area contributed by atoms with Gasteiger partial charge in [-0.1, -0.05) is 62.2 Å². The SMILES string of the molecule is O=[N+]([O-])c1cc(Br)ccc1-c1c[nH]c(Cc2ccccc2)c1-c1ccc(Br)cc1[N+](=O)[O-]. The molecule has 0 spiro atoms. The van der Waals surface area contributed by atoms with Crippen molar-refractivity contribution in [3.63, 3.8) is 0 Å². The van der Waals surface area contributed by atoms with Gasteiger partial charge in [0.2, 0.25) is 0 Å². The van der Waals surface area contributed by atoms with E-state index < -0.39 is 9.85 Å². The van der Waals surface area contributed by atoms with Crippen LogP contribution in [-0.2, 0) is 6.42 Å². The summed E-state index contributed by atoms with van der Waals surface area (Å²) in [6.45, 7) is 0. The molecule has 0 aliphatic carbocycles. The first-order chi connectivity index (χ1) is 15.3. The summed E-state index contributed by atoms with van der Waals surface area (Å²) in [7, 11) is 0. The predicted molar refractivity (Wildman–Crippen MR) is 130 cm³/mol. The van der Waals surface area contributed by atoms with Gasteiger partial charge in [-0.2, -0.15) is 0 Å². The fourth-order valence-electron chi connectivity index (χ4n) is 3.68. The Hall–Kier alpha value is -3.30. The molecule has 0 saturated heterocycles. The van der Waals surface area contributed by atoms with Gasteiger partial charge < -0.3 is 4.98 Å². The van der Waals surface area contributed by atoms with Crippen molar-refractivity contribution in [3.05, 3.63) is 113 Å². The lowest BCUT2D eigenvalue weighted by Crippen LogP contribution is -1.97. The Morgan fingerprint density at radius 3 is 1.91 bits per heavy atom. The number of hydrogen-bond donors (Lipinski definition) is 1. The van der Waals surface area contributed by atoms with E-state index in [2.05, 4.69) is 36.8 Å². The second-order valence-corrected chi connectivity index (χ2v) is 8.89.